The zero-order valence-electron chi connectivity index (χ0n) is 21.9. The summed E-state index contributed by atoms with van der Waals surface area (Å²) >= 11 is 11.5. The highest BCUT2D eigenvalue weighted by molar-refractivity contribution is 8.26. The number of thioether (sulfide) groups is 1. The summed E-state index contributed by atoms with van der Waals surface area (Å²) in [5.74, 6) is -0.315. The quantitative estimate of drug-likeness (QED) is 0.171. The van der Waals surface area contributed by atoms with E-state index in [2.05, 4.69) is 21.0 Å². The summed E-state index contributed by atoms with van der Waals surface area (Å²) in [6, 6.07) is 16.9. The molecule has 11 nitrogen and oxygen atoms in total. The number of carbonyl (C=O) groups excluding carboxylic acids is 2. The Kier molecular flexibility index (Phi) is 9.49. The fraction of sp³-hybridized carbons (Fsp3) is 0.111. The highest BCUT2D eigenvalue weighted by atomic mass is 32.2. The summed E-state index contributed by atoms with van der Waals surface area (Å²) < 4.78 is 16.0. The molecule has 3 aromatic rings. The lowest BCUT2D eigenvalue weighted by molar-refractivity contribution is -0.123. The number of hydrogen-bond donors (Lipinski definition) is 3. The summed E-state index contributed by atoms with van der Waals surface area (Å²) in [7, 11) is 4.36. The van der Waals surface area contributed by atoms with Crippen LogP contribution >= 0.6 is 36.2 Å². The van der Waals surface area contributed by atoms with Gasteiger partial charge in [-0.3, -0.25) is 15.0 Å². The molecule has 0 bridgehead atoms. The summed E-state index contributed by atoms with van der Waals surface area (Å²) in [6.07, 6.45) is 1.47. The predicted octanol–water partition coefficient (Wildman–Crippen LogP) is 5.51. The van der Waals surface area contributed by atoms with Gasteiger partial charge < -0.3 is 24.6 Å². The number of carbonyl (C=O) groups is 2. The Morgan fingerprint density at radius 3 is 2.27 bits per heavy atom. The van der Waals surface area contributed by atoms with Crippen LogP contribution < -0.4 is 25.0 Å². The molecule has 1 heterocycles. The van der Waals surface area contributed by atoms with Gasteiger partial charge in [-0.2, -0.15) is 15.2 Å². The van der Waals surface area contributed by atoms with Crippen molar-refractivity contribution in [1.82, 2.24) is 10.4 Å². The molecular formula is C27H23N5O6S3. The lowest BCUT2D eigenvalue weighted by atomic mass is 10.1. The molecule has 0 unspecified atom stereocenters. The van der Waals surface area contributed by atoms with Crippen LogP contribution in [0.5, 0.6) is 23.0 Å². The summed E-state index contributed by atoms with van der Waals surface area (Å²) in [4.78, 5) is 25.8. The number of methoxy groups -OCH3 is 3. The molecule has 41 heavy (non-hydrogen) atoms. The molecule has 4 rings (SSSR count). The van der Waals surface area contributed by atoms with E-state index in [0.717, 1.165) is 16.8 Å². The van der Waals surface area contributed by atoms with Crippen molar-refractivity contribution in [3.8, 4) is 23.0 Å². The lowest BCUT2D eigenvalue weighted by Crippen LogP contribution is -2.48. The molecule has 0 spiro atoms. The zero-order chi connectivity index (χ0) is 29.5. The zero-order valence-corrected chi connectivity index (χ0v) is 24.4. The largest absolute Gasteiger partial charge is 0.507 e. The Morgan fingerprint density at radius 2 is 1.63 bits per heavy atom. The van der Waals surface area contributed by atoms with Crippen molar-refractivity contribution >= 4 is 80.5 Å². The number of amides is 2. The highest BCUT2D eigenvalue weighted by Crippen LogP contribution is 2.40. The molecule has 3 N–H and O–H groups in total. The van der Waals surface area contributed by atoms with Crippen LogP contribution in [0.1, 0.15) is 5.56 Å². The van der Waals surface area contributed by atoms with Crippen LogP contribution in [0.2, 0.25) is 0 Å². The van der Waals surface area contributed by atoms with Gasteiger partial charge in [0, 0.05) is 23.4 Å². The van der Waals surface area contributed by atoms with Gasteiger partial charge in [0.2, 0.25) is 5.75 Å². The number of hydrogen-bond acceptors (Lipinski definition) is 11. The van der Waals surface area contributed by atoms with E-state index in [9.17, 15) is 14.7 Å². The first kappa shape index (κ1) is 29.5. The fourth-order valence-electron chi connectivity index (χ4n) is 3.53. The summed E-state index contributed by atoms with van der Waals surface area (Å²) in [6.45, 7) is 0. The van der Waals surface area contributed by atoms with Crippen molar-refractivity contribution in [2.24, 2.45) is 10.2 Å². The van der Waals surface area contributed by atoms with E-state index in [-0.39, 0.29) is 20.0 Å². The number of hydrazine groups is 1. The molecule has 0 radical (unpaired) electrons. The SMILES string of the molecule is COc1cc(NC(=O)C(=S)NN2C(=O)/C(=C\c3cc(N=Nc4ccccc4)ccc3O)SC2=S)cc(OC)c1OC. The minimum Gasteiger partial charge on any atom is -0.507 e. The number of thiocarbonyl (C=S) groups is 2. The number of nitrogens with zero attached hydrogens (tertiary/aromatic N) is 3. The standard InChI is InChI=1S/C27H23N5O6S3/c1-36-20-13-18(14-21(37-2)23(20)38-3)28-24(34)25(39)31-32-26(35)22(41-27(32)40)12-15-11-17(9-10-19(15)33)30-29-16-7-5-4-6-8-16/h4-14,33H,1-3H3,(H,28,34)(H,31,39)/b22-12+,30-29?. The monoisotopic (exact) mass is 609 g/mol. The predicted molar refractivity (Wildman–Crippen MR) is 164 cm³/mol. The third-order valence-electron chi connectivity index (χ3n) is 5.47. The number of azo groups is 1. The van der Waals surface area contributed by atoms with E-state index in [1.807, 2.05) is 18.2 Å². The van der Waals surface area contributed by atoms with Gasteiger partial charge in [0.15, 0.2) is 20.8 Å². The Labute approximate surface area is 250 Å². The van der Waals surface area contributed by atoms with Crippen molar-refractivity contribution in [3.05, 3.63) is 71.1 Å². The maximum Gasteiger partial charge on any atom is 0.285 e. The van der Waals surface area contributed by atoms with Crippen molar-refractivity contribution in [1.29, 1.82) is 0 Å². The Balaban J connectivity index is 1.46. The Bertz CT molecular complexity index is 1550. The lowest BCUT2D eigenvalue weighted by Gasteiger charge is -2.18. The van der Waals surface area contributed by atoms with E-state index in [1.54, 1.807) is 24.3 Å². The van der Waals surface area contributed by atoms with E-state index in [0.29, 0.717) is 39.9 Å². The molecule has 0 atom stereocenters. The van der Waals surface area contributed by atoms with Gasteiger partial charge in [-0.1, -0.05) is 42.2 Å². The molecule has 1 aliphatic rings. The van der Waals surface area contributed by atoms with Gasteiger partial charge in [0.05, 0.1) is 37.6 Å². The highest BCUT2D eigenvalue weighted by Gasteiger charge is 2.34. The van der Waals surface area contributed by atoms with Gasteiger partial charge in [0.25, 0.3) is 11.8 Å². The number of nitrogens with one attached hydrogen (secondary N) is 2. The van der Waals surface area contributed by atoms with Crippen molar-refractivity contribution in [2.45, 2.75) is 0 Å². The number of rotatable bonds is 8. The first-order valence-corrected chi connectivity index (χ1v) is 13.4. The fourth-order valence-corrected chi connectivity index (χ4v) is 4.84. The van der Waals surface area contributed by atoms with E-state index in [1.165, 1.54) is 45.6 Å². The molecule has 210 valence electrons. The van der Waals surface area contributed by atoms with Crippen molar-refractivity contribution in [3.63, 3.8) is 0 Å². The van der Waals surface area contributed by atoms with Crippen LogP contribution in [0.3, 0.4) is 0 Å². The molecule has 3 aromatic carbocycles. The molecule has 0 aromatic heterocycles. The topological polar surface area (TPSA) is 134 Å². The van der Waals surface area contributed by atoms with Gasteiger partial charge in [-0.05, 0) is 48.6 Å². The number of aromatic hydroxyl groups is 1. The van der Waals surface area contributed by atoms with Crippen LogP contribution in [0, 0.1) is 0 Å². The molecule has 14 heteroatoms. The average Bonchev–Trinajstić information content (AvgIpc) is 3.24. The molecular weight excluding hydrogens is 587 g/mol. The molecule has 1 saturated heterocycles. The normalized spacial score (nSPS) is 13.9. The average molecular weight is 610 g/mol. The van der Waals surface area contributed by atoms with E-state index >= 15 is 0 Å². The van der Waals surface area contributed by atoms with Gasteiger partial charge in [-0.25, -0.2) is 0 Å². The Hall–Kier alpha value is -4.53. The van der Waals surface area contributed by atoms with Crippen molar-refractivity contribution in [2.75, 3.05) is 26.6 Å². The van der Waals surface area contributed by atoms with Crippen LogP contribution in [0.15, 0.2) is 75.8 Å². The summed E-state index contributed by atoms with van der Waals surface area (Å²) in [5.41, 5.74) is 4.36. The van der Waals surface area contributed by atoms with Crippen LogP contribution in [0.25, 0.3) is 6.08 Å². The maximum atomic E-state index is 13.1. The number of anilines is 1. The first-order valence-electron chi connectivity index (χ1n) is 11.7. The van der Waals surface area contributed by atoms with Gasteiger partial charge >= 0.3 is 0 Å². The molecule has 0 aliphatic carbocycles. The maximum absolute atomic E-state index is 13.1. The summed E-state index contributed by atoms with van der Waals surface area (Å²) in [5, 5.41) is 22.3. The van der Waals surface area contributed by atoms with E-state index < -0.39 is 11.8 Å². The van der Waals surface area contributed by atoms with Gasteiger partial charge in [0.1, 0.15) is 5.75 Å². The minimum absolute atomic E-state index is 0.0675. The number of phenolic OH excluding ortho intramolecular Hbond substituents is 1. The van der Waals surface area contributed by atoms with E-state index in [4.69, 9.17) is 38.6 Å². The second kappa shape index (κ2) is 13.2. The third kappa shape index (κ3) is 6.98. The third-order valence-corrected chi connectivity index (χ3v) is 7.05. The second-order valence-corrected chi connectivity index (χ2v) is 10.2. The number of benzene rings is 3. The van der Waals surface area contributed by atoms with Crippen LogP contribution in [0.4, 0.5) is 17.1 Å². The molecule has 0 saturated carbocycles. The first-order chi connectivity index (χ1) is 19.7. The number of ether oxygens (including phenoxy) is 3. The smallest absolute Gasteiger partial charge is 0.285 e. The molecule has 1 fully saturated rings. The van der Waals surface area contributed by atoms with Crippen LogP contribution in [-0.2, 0) is 9.59 Å². The molecule has 1 aliphatic heterocycles. The van der Waals surface area contributed by atoms with Gasteiger partial charge in [-0.15, -0.1) is 0 Å². The van der Waals surface area contributed by atoms with Crippen LogP contribution in [-0.4, -0.2) is 52.6 Å². The minimum atomic E-state index is -0.707. The number of phenols is 1. The molecule has 2 amide bonds. The van der Waals surface area contributed by atoms with Crippen molar-refractivity contribution < 1.29 is 28.9 Å². The Morgan fingerprint density at radius 1 is 0.976 bits per heavy atom. The second-order valence-electron chi connectivity index (χ2n) is 8.10.